The molecular weight excluding hydrogens is 188 g/mol. The molecule has 0 radical (unpaired) electrons. The average Bonchev–Trinajstić information content (AvgIpc) is 2.60. The molecule has 78 valence electrons. The van der Waals surface area contributed by atoms with Crippen molar-refractivity contribution in [2.24, 2.45) is 0 Å². The third kappa shape index (κ3) is 1.95. The van der Waals surface area contributed by atoms with Crippen molar-refractivity contribution < 1.29 is 9.52 Å². The van der Waals surface area contributed by atoms with Gasteiger partial charge in [0.15, 0.2) is 0 Å². The Morgan fingerprint density at radius 1 is 1.20 bits per heavy atom. The van der Waals surface area contributed by atoms with Crippen molar-refractivity contribution in [3.8, 4) is 11.3 Å². The van der Waals surface area contributed by atoms with Gasteiger partial charge in [-0.15, -0.1) is 0 Å². The van der Waals surface area contributed by atoms with E-state index in [4.69, 9.17) is 9.52 Å². The lowest BCUT2D eigenvalue weighted by molar-refractivity contribution is 0.279. The van der Waals surface area contributed by atoms with Crippen LogP contribution in [0.2, 0.25) is 0 Å². The summed E-state index contributed by atoms with van der Waals surface area (Å²) in [5.74, 6) is 1.61. The average molecular weight is 202 g/mol. The van der Waals surface area contributed by atoms with Crippen molar-refractivity contribution in [3.63, 3.8) is 0 Å². The Balaban J connectivity index is 2.45. The minimum Gasteiger partial charge on any atom is -0.461 e. The molecule has 0 saturated carbocycles. The molecule has 0 aliphatic rings. The summed E-state index contributed by atoms with van der Waals surface area (Å²) in [7, 11) is 0. The molecule has 0 atom stereocenters. The molecule has 2 aromatic rings. The van der Waals surface area contributed by atoms with Crippen molar-refractivity contribution in [2.75, 3.05) is 0 Å². The van der Waals surface area contributed by atoms with Gasteiger partial charge in [-0.1, -0.05) is 23.8 Å². The number of furan rings is 1. The quantitative estimate of drug-likeness (QED) is 0.811. The summed E-state index contributed by atoms with van der Waals surface area (Å²) >= 11 is 0. The van der Waals surface area contributed by atoms with Gasteiger partial charge in [-0.25, -0.2) is 0 Å². The predicted molar refractivity (Wildman–Crippen MR) is 59.5 cm³/mol. The normalized spacial score (nSPS) is 10.6. The molecule has 0 aliphatic carbocycles. The van der Waals surface area contributed by atoms with E-state index in [-0.39, 0.29) is 6.61 Å². The van der Waals surface area contributed by atoms with Gasteiger partial charge in [-0.3, -0.25) is 0 Å². The number of benzene rings is 1. The molecule has 0 amide bonds. The van der Waals surface area contributed by atoms with Crippen molar-refractivity contribution >= 4 is 0 Å². The molecule has 1 N–H and O–H groups in total. The summed E-state index contributed by atoms with van der Waals surface area (Å²) < 4.78 is 5.59. The van der Waals surface area contributed by atoms with Gasteiger partial charge >= 0.3 is 0 Å². The Hall–Kier alpha value is -1.54. The fourth-order valence-corrected chi connectivity index (χ4v) is 1.62. The third-order valence-corrected chi connectivity index (χ3v) is 2.49. The first-order valence-corrected chi connectivity index (χ1v) is 4.98. The molecule has 2 rings (SSSR count). The Kier molecular flexibility index (Phi) is 2.60. The Morgan fingerprint density at radius 2 is 2.00 bits per heavy atom. The number of aryl methyl sites for hydroxylation is 2. The molecule has 0 fully saturated rings. The van der Waals surface area contributed by atoms with Gasteiger partial charge in [-0.05, 0) is 26.0 Å². The van der Waals surface area contributed by atoms with Crippen LogP contribution in [0.1, 0.15) is 16.9 Å². The van der Waals surface area contributed by atoms with Crippen LogP contribution in [0.3, 0.4) is 0 Å². The maximum atomic E-state index is 9.07. The molecule has 0 aliphatic heterocycles. The van der Waals surface area contributed by atoms with Crippen LogP contribution < -0.4 is 0 Å². The van der Waals surface area contributed by atoms with E-state index in [0.29, 0.717) is 0 Å². The molecule has 15 heavy (non-hydrogen) atoms. The molecule has 2 heteroatoms. The molecule has 0 spiro atoms. The lowest BCUT2D eigenvalue weighted by Crippen LogP contribution is -1.79. The van der Waals surface area contributed by atoms with Crippen LogP contribution >= 0.6 is 0 Å². The zero-order chi connectivity index (χ0) is 10.8. The molecule has 1 aromatic heterocycles. The first kappa shape index (κ1) is 9.99. The monoisotopic (exact) mass is 202 g/mol. The van der Waals surface area contributed by atoms with E-state index < -0.39 is 0 Å². The number of hydrogen-bond donors (Lipinski definition) is 1. The van der Waals surface area contributed by atoms with Crippen LogP contribution in [0, 0.1) is 13.8 Å². The minimum absolute atomic E-state index is 0.0289. The Morgan fingerprint density at radius 3 is 2.60 bits per heavy atom. The van der Waals surface area contributed by atoms with Gasteiger partial charge in [0.2, 0.25) is 0 Å². The molecule has 0 bridgehead atoms. The van der Waals surface area contributed by atoms with Crippen LogP contribution in [0.4, 0.5) is 0 Å². The third-order valence-electron chi connectivity index (χ3n) is 2.49. The second-order valence-corrected chi connectivity index (χ2v) is 3.72. The lowest BCUT2D eigenvalue weighted by atomic mass is 10.1. The minimum atomic E-state index is 0.0289. The number of aliphatic hydroxyl groups is 1. The van der Waals surface area contributed by atoms with E-state index in [1.165, 1.54) is 5.56 Å². The van der Waals surface area contributed by atoms with Crippen LogP contribution in [-0.2, 0) is 6.61 Å². The second-order valence-electron chi connectivity index (χ2n) is 3.72. The summed E-state index contributed by atoms with van der Waals surface area (Å²) in [6, 6.07) is 10.0. The maximum Gasteiger partial charge on any atom is 0.134 e. The molecule has 1 aromatic carbocycles. The van der Waals surface area contributed by atoms with Crippen LogP contribution in [-0.4, -0.2) is 5.11 Å². The predicted octanol–water partition coefficient (Wildman–Crippen LogP) is 3.06. The van der Waals surface area contributed by atoms with E-state index in [1.807, 2.05) is 38.1 Å². The molecule has 0 unspecified atom stereocenters. The van der Waals surface area contributed by atoms with Gasteiger partial charge < -0.3 is 9.52 Å². The van der Waals surface area contributed by atoms with Crippen molar-refractivity contribution in [1.29, 1.82) is 0 Å². The van der Waals surface area contributed by atoms with Crippen LogP contribution in [0.25, 0.3) is 11.3 Å². The number of rotatable bonds is 2. The van der Waals surface area contributed by atoms with Crippen molar-refractivity contribution in [3.05, 3.63) is 47.2 Å². The zero-order valence-electron chi connectivity index (χ0n) is 8.95. The standard InChI is InChI=1S/C13H14O2/c1-9-4-3-5-11(6-9)13-7-12(8-14)10(2)15-13/h3-7,14H,8H2,1-2H3. The summed E-state index contributed by atoms with van der Waals surface area (Å²) in [5.41, 5.74) is 3.11. The van der Waals surface area contributed by atoms with Crippen LogP contribution in [0.5, 0.6) is 0 Å². The smallest absolute Gasteiger partial charge is 0.134 e. The van der Waals surface area contributed by atoms with Gasteiger partial charge in [0.05, 0.1) is 6.61 Å². The number of aliphatic hydroxyl groups excluding tert-OH is 1. The van der Waals surface area contributed by atoms with E-state index in [0.717, 1.165) is 22.6 Å². The molecule has 2 nitrogen and oxygen atoms in total. The molecular formula is C13H14O2. The maximum absolute atomic E-state index is 9.07. The van der Waals surface area contributed by atoms with Gasteiger partial charge in [0.1, 0.15) is 11.5 Å². The molecule has 0 saturated heterocycles. The van der Waals surface area contributed by atoms with E-state index in [9.17, 15) is 0 Å². The highest BCUT2D eigenvalue weighted by atomic mass is 16.3. The van der Waals surface area contributed by atoms with Gasteiger partial charge in [0.25, 0.3) is 0 Å². The SMILES string of the molecule is Cc1cccc(-c2cc(CO)c(C)o2)c1. The lowest BCUT2D eigenvalue weighted by Gasteiger charge is -1.97. The highest BCUT2D eigenvalue weighted by Gasteiger charge is 2.07. The zero-order valence-corrected chi connectivity index (χ0v) is 8.95. The highest BCUT2D eigenvalue weighted by Crippen LogP contribution is 2.25. The fourth-order valence-electron chi connectivity index (χ4n) is 1.62. The van der Waals surface area contributed by atoms with Crippen molar-refractivity contribution in [2.45, 2.75) is 20.5 Å². The van der Waals surface area contributed by atoms with Gasteiger partial charge in [-0.2, -0.15) is 0 Å². The topological polar surface area (TPSA) is 33.4 Å². The summed E-state index contributed by atoms with van der Waals surface area (Å²) in [5, 5.41) is 9.07. The van der Waals surface area contributed by atoms with E-state index >= 15 is 0 Å². The first-order valence-electron chi connectivity index (χ1n) is 4.98. The molecule has 1 heterocycles. The first-order chi connectivity index (χ1) is 7.20. The van der Waals surface area contributed by atoms with E-state index in [1.54, 1.807) is 0 Å². The second kappa shape index (κ2) is 3.91. The fraction of sp³-hybridized carbons (Fsp3) is 0.231. The highest BCUT2D eigenvalue weighted by molar-refractivity contribution is 5.59. The Labute approximate surface area is 89.2 Å². The van der Waals surface area contributed by atoms with Gasteiger partial charge in [0, 0.05) is 11.1 Å². The summed E-state index contributed by atoms with van der Waals surface area (Å²) in [6.07, 6.45) is 0. The van der Waals surface area contributed by atoms with Crippen molar-refractivity contribution in [1.82, 2.24) is 0 Å². The summed E-state index contributed by atoms with van der Waals surface area (Å²) in [4.78, 5) is 0. The largest absolute Gasteiger partial charge is 0.461 e. The Bertz CT molecular complexity index is 469. The summed E-state index contributed by atoms with van der Waals surface area (Å²) in [6.45, 7) is 3.94. The number of hydrogen-bond acceptors (Lipinski definition) is 2. The van der Waals surface area contributed by atoms with E-state index in [2.05, 4.69) is 6.07 Å². The van der Waals surface area contributed by atoms with Crippen LogP contribution in [0.15, 0.2) is 34.7 Å².